The van der Waals surface area contributed by atoms with E-state index in [0.29, 0.717) is 6.04 Å². The summed E-state index contributed by atoms with van der Waals surface area (Å²) < 4.78 is 11.3. The molecule has 1 saturated heterocycles. The van der Waals surface area contributed by atoms with E-state index >= 15 is 0 Å². The molecule has 1 unspecified atom stereocenters. The Morgan fingerprint density at radius 1 is 1.35 bits per heavy atom. The molecule has 0 aliphatic carbocycles. The fourth-order valence-corrected chi connectivity index (χ4v) is 3.05. The van der Waals surface area contributed by atoms with E-state index in [1.807, 2.05) is 13.1 Å². The van der Waals surface area contributed by atoms with E-state index in [-0.39, 0.29) is 0 Å². The third-order valence-electron chi connectivity index (χ3n) is 4.35. The molecule has 2 aromatic heterocycles. The lowest BCUT2D eigenvalue weighted by molar-refractivity contribution is 0.0989. The fourth-order valence-electron chi connectivity index (χ4n) is 3.05. The number of aromatic nitrogens is 2. The minimum absolute atomic E-state index is 0.403. The molecular weight excluding hydrogens is 290 g/mol. The van der Waals surface area contributed by atoms with Crippen molar-refractivity contribution in [1.29, 1.82) is 0 Å². The van der Waals surface area contributed by atoms with Gasteiger partial charge in [-0.25, -0.2) is 4.98 Å². The minimum Gasteiger partial charge on any atom is -0.445 e. The highest BCUT2D eigenvalue weighted by molar-refractivity contribution is 5.48. The van der Waals surface area contributed by atoms with Crippen LogP contribution < -0.4 is 4.90 Å². The Hall–Kier alpha value is -1.88. The first-order valence-electron chi connectivity index (χ1n) is 8.42. The molecule has 1 aliphatic rings. The van der Waals surface area contributed by atoms with Crippen molar-refractivity contribution in [3.63, 3.8) is 0 Å². The Morgan fingerprint density at radius 3 is 2.96 bits per heavy atom. The van der Waals surface area contributed by atoms with Crippen molar-refractivity contribution in [2.75, 3.05) is 24.7 Å². The van der Waals surface area contributed by atoms with Gasteiger partial charge in [0.05, 0.1) is 18.9 Å². The van der Waals surface area contributed by atoms with Crippen LogP contribution in [0.5, 0.6) is 0 Å². The fraction of sp³-hybridized carbons (Fsp3) is 0.556. The van der Waals surface area contributed by atoms with Gasteiger partial charge in [-0.1, -0.05) is 6.92 Å². The maximum absolute atomic E-state index is 5.78. The molecule has 0 saturated carbocycles. The van der Waals surface area contributed by atoms with E-state index in [1.165, 1.54) is 5.69 Å². The van der Waals surface area contributed by atoms with Gasteiger partial charge in [0.2, 0.25) is 0 Å². The van der Waals surface area contributed by atoms with Gasteiger partial charge >= 0.3 is 0 Å². The summed E-state index contributed by atoms with van der Waals surface area (Å²) in [5.41, 5.74) is 3.31. The maximum Gasteiger partial charge on any atom is 0.195 e. The van der Waals surface area contributed by atoms with Crippen LogP contribution in [0.3, 0.4) is 0 Å². The largest absolute Gasteiger partial charge is 0.445 e. The summed E-state index contributed by atoms with van der Waals surface area (Å²) in [5, 5.41) is 0. The average Bonchev–Trinajstić information content (AvgIpc) is 2.94. The standard InChI is InChI=1S/C18H25N3O2/c1-4-17-14(3)20-18(23-17)6-5-15-11-16(7-8-19-15)21-9-10-22-12-13(21)2/h7-8,11,13H,4-6,9-10,12H2,1-3H3. The molecule has 3 rings (SSSR count). The van der Waals surface area contributed by atoms with E-state index in [4.69, 9.17) is 9.15 Å². The number of aryl methyl sites for hydroxylation is 4. The monoisotopic (exact) mass is 315 g/mol. The maximum atomic E-state index is 5.78. The minimum atomic E-state index is 0.403. The van der Waals surface area contributed by atoms with Crippen LogP contribution in [0.1, 0.15) is 36.9 Å². The summed E-state index contributed by atoms with van der Waals surface area (Å²) in [7, 11) is 0. The third-order valence-corrected chi connectivity index (χ3v) is 4.35. The Balaban J connectivity index is 1.67. The molecule has 1 fully saturated rings. The van der Waals surface area contributed by atoms with Gasteiger partial charge in [0.1, 0.15) is 5.76 Å². The second-order valence-electron chi connectivity index (χ2n) is 6.09. The highest BCUT2D eigenvalue weighted by Gasteiger charge is 2.19. The summed E-state index contributed by atoms with van der Waals surface area (Å²) >= 11 is 0. The van der Waals surface area contributed by atoms with Crippen LogP contribution in [0.15, 0.2) is 22.7 Å². The molecule has 5 nitrogen and oxygen atoms in total. The van der Waals surface area contributed by atoms with E-state index in [0.717, 1.165) is 62.1 Å². The molecule has 1 aliphatic heterocycles. The zero-order valence-electron chi connectivity index (χ0n) is 14.2. The van der Waals surface area contributed by atoms with Crippen molar-refractivity contribution in [2.24, 2.45) is 0 Å². The first-order valence-corrected chi connectivity index (χ1v) is 8.42. The Bertz CT molecular complexity index is 653. The van der Waals surface area contributed by atoms with Crippen molar-refractivity contribution in [3.05, 3.63) is 41.4 Å². The van der Waals surface area contributed by atoms with Gasteiger partial charge in [0.25, 0.3) is 0 Å². The normalized spacial score (nSPS) is 18.4. The molecule has 2 aromatic rings. The topological polar surface area (TPSA) is 51.4 Å². The van der Waals surface area contributed by atoms with Crippen molar-refractivity contribution in [1.82, 2.24) is 9.97 Å². The van der Waals surface area contributed by atoms with Crippen LogP contribution in [0.4, 0.5) is 5.69 Å². The number of ether oxygens (including phenoxy) is 1. The zero-order chi connectivity index (χ0) is 16.2. The predicted molar refractivity (Wildman–Crippen MR) is 89.9 cm³/mol. The van der Waals surface area contributed by atoms with Gasteiger partial charge in [-0.15, -0.1) is 0 Å². The van der Waals surface area contributed by atoms with E-state index in [9.17, 15) is 0 Å². The van der Waals surface area contributed by atoms with E-state index < -0.39 is 0 Å². The lowest BCUT2D eigenvalue weighted by atomic mass is 10.1. The molecule has 0 aromatic carbocycles. The second-order valence-corrected chi connectivity index (χ2v) is 6.09. The van der Waals surface area contributed by atoms with Crippen LogP contribution in [0.2, 0.25) is 0 Å². The molecule has 23 heavy (non-hydrogen) atoms. The van der Waals surface area contributed by atoms with Gasteiger partial charge in [0, 0.05) is 43.0 Å². The molecule has 0 amide bonds. The number of rotatable bonds is 5. The Morgan fingerprint density at radius 2 is 2.22 bits per heavy atom. The number of hydrogen-bond acceptors (Lipinski definition) is 5. The summed E-state index contributed by atoms with van der Waals surface area (Å²) in [6.07, 6.45) is 4.41. The number of morpholine rings is 1. The van der Waals surface area contributed by atoms with Crippen molar-refractivity contribution in [3.8, 4) is 0 Å². The molecule has 0 radical (unpaired) electrons. The first-order chi connectivity index (χ1) is 11.2. The van der Waals surface area contributed by atoms with Crippen LogP contribution in [0.25, 0.3) is 0 Å². The highest BCUT2D eigenvalue weighted by Crippen LogP contribution is 2.21. The summed E-state index contributed by atoms with van der Waals surface area (Å²) in [6.45, 7) is 8.80. The lowest BCUT2D eigenvalue weighted by Crippen LogP contribution is -2.43. The SMILES string of the molecule is CCc1oc(CCc2cc(N3CCOCC3C)ccn2)nc1C. The summed E-state index contributed by atoms with van der Waals surface area (Å²) in [4.78, 5) is 11.4. The Kier molecular flexibility index (Phi) is 4.96. The summed E-state index contributed by atoms with van der Waals surface area (Å²) in [5.74, 6) is 1.80. The lowest BCUT2D eigenvalue weighted by Gasteiger charge is -2.35. The number of oxazole rings is 1. The van der Waals surface area contributed by atoms with Gasteiger partial charge in [-0.2, -0.15) is 0 Å². The molecule has 0 spiro atoms. The molecule has 1 atom stereocenters. The predicted octanol–water partition coefficient (Wildman–Crippen LogP) is 2.95. The molecular formula is C18H25N3O2. The number of hydrogen-bond donors (Lipinski definition) is 0. The number of anilines is 1. The Labute approximate surface area is 137 Å². The van der Waals surface area contributed by atoms with Gasteiger partial charge in [-0.3, -0.25) is 4.98 Å². The van der Waals surface area contributed by atoms with Crippen molar-refractivity contribution < 1.29 is 9.15 Å². The number of pyridine rings is 1. The highest BCUT2D eigenvalue weighted by atomic mass is 16.5. The van der Waals surface area contributed by atoms with Crippen LogP contribution in [-0.2, 0) is 24.0 Å². The molecule has 124 valence electrons. The van der Waals surface area contributed by atoms with Gasteiger partial charge in [0.15, 0.2) is 5.89 Å². The van der Waals surface area contributed by atoms with Crippen LogP contribution >= 0.6 is 0 Å². The van der Waals surface area contributed by atoms with Crippen LogP contribution in [-0.4, -0.2) is 35.8 Å². The molecule has 0 bridgehead atoms. The molecule has 5 heteroatoms. The van der Waals surface area contributed by atoms with E-state index in [1.54, 1.807) is 0 Å². The van der Waals surface area contributed by atoms with Crippen molar-refractivity contribution in [2.45, 2.75) is 46.1 Å². The smallest absolute Gasteiger partial charge is 0.195 e. The summed E-state index contributed by atoms with van der Waals surface area (Å²) in [6, 6.07) is 4.66. The van der Waals surface area contributed by atoms with Crippen LogP contribution in [0, 0.1) is 6.92 Å². The molecule has 3 heterocycles. The van der Waals surface area contributed by atoms with E-state index in [2.05, 4.69) is 40.8 Å². The zero-order valence-corrected chi connectivity index (χ0v) is 14.2. The quantitative estimate of drug-likeness (QED) is 0.849. The molecule has 0 N–H and O–H groups in total. The third kappa shape index (κ3) is 3.72. The first kappa shape index (κ1) is 16.0. The van der Waals surface area contributed by atoms with Gasteiger partial charge < -0.3 is 14.1 Å². The van der Waals surface area contributed by atoms with Gasteiger partial charge in [-0.05, 0) is 32.4 Å². The second kappa shape index (κ2) is 7.13. The van der Waals surface area contributed by atoms with Crippen molar-refractivity contribution >= 4 is 5.69 Å². The number of nitrogens with zero attached hydrogens (tertiary/aromatic N) is 3. The average molecular weight is 315 g/mol.